The van der Waals surface area contributed by atoms with Crippen molar-refractivity contribution in [3.63, 3.8) is 0 Å². The van der Waals surface area contributed by atoms with E-state index in [4.69, 9.17) is 4.98 Å². The number of rotatable bonds is 3. The fourth-order valence-corrected chi connectivity index (χ4v) is 4.84. The molecule has 0 bridgehead atoms. The van der Waals surface area contributed by atoms with Gasteiger partial charge in [0.1, 0.15) is 0 Å². The number of piperidine rings is 1. The van der Waals surface area contributed by atoms with Crippen molar-refractivity contribution >= 4 is 17.2 Å². The Balaban J connectivity index is 1.50. The Labute approximate surface area is 146 Å². The highest BCUT2D eigenvalue weighted by Crippen LogP contribution is 2.32. The van der Waals surface area contributed by atoms with E-state index in [1.165, 1.54) is 10.7 Å². The molecule has 0 radical (unpaired) electrons. The van der Waals surface area contributed by atoms with Crippen molar-refractivity contribution in [3.05, 3.63) is 33.5 Å². The summed E-state index contributed by atoms with van der Waals surface area (Å²) >= 11 is 1.75. The van der Waals surface area contributed by atoms with Gasteiger partial charge in [-0.15, -0.1) is 11.3 Å². The highest BCUT2D eigenvalue weighted by molar-refractivity contribution is 7.09. The van der Waals surface area contributed by atoms with Gasteiger partial charge in [0.25, 0.3) is 5.91 Å². The van der Waals surface area contributed by atoms with Crippen molar-refractivity contribution < 1.29 is 4.79 Å². The van der Waals surface area contributed by atoms with E-state index in [1.807, 2.05) is 9.58 Å². The maximum absolute atomic E-state index is 13.0. The summed E-state index contributed by atoms with van der Waals surface area (Å²) in [6.45, 7) is 6.94. The van der Waals surface area contributed by atoms with Crippen LogP contribution in [0.5, 0.6) is 0 Å². The van der Waals surface area contributed by atoms with Gasteiger partial charge in [-0.1, -0.05) is 13.8 Å². The van der Waals surface area contributed by atoms with Gasteiger partial charge in [-0.05, 0) is 31.6 Å². The van der Waals surface area contributed by atoms with Gasteiger partial charge in [0.2, 0.25) is 0 Å². The monoisotopic (exact) mass is 344 g/mol. The molecular weight excluding hydrogens is 320 g/mol. The molecule has 0 aromatic carbocycles. The minimum Gasteiger partial charge on any atom is -0.338 e. The van der Waals surface area contributed by atoms with E-state index >= 15 is 0 Å². The molecule has 24 heavy (non-hydrogen) atoms. The number of hydrogen-bond acceptors (Lipinski definition) is 4. The second-order valence-corrected chi connectivity index (χ2v) is 8.08. The van der Waals surface area contributed by atoms with Gasteiger partial charge in [-0.25, -0.2) is 4.98 Å². The first-order chi connectivity index (χ1) is 11.6. The lowest BCUT2D eigenvalue weighted by atomic mass is 9.97. The highest BCUT2D eigenvalue weighted by Gasteiger charge is 2.30. The standard InChI is InChI=1S/C18H24N4OS/c1-12(2)15-11-24-17(20-15)13-5-3-7-21(10-13)18(23)14-9-19-22-8-4-6-16(14)22/h9,11-13H,3-8,10H2,1-2H3. The van der Waals surface area contributed by atoms with Gasteiger partial charge in [0.05, 0.1) is 28.2 Å². The topological polar surface area (TPSA) is 51.0 Å². The molecule has 4 rings (SSSR count). The number of nitrogens with zero attached hydrogens (tertiary/aromatic N) is 4. The molecule has 1 atom stereocenters. The van der Waals surface area contributed by atoms with Crippen LogP contribution in [0.2, 0.25) is 0 Å². The Hall–Kier alpha value is -1.69. The number of thiazole rings is 1. The molecule has 1 fully saturated rings. The van der Waals surface area contributed by atoms with E-state index in [9.17, 15) is 4.79 Å². The zero-order chi connectivity index (χ0) is 16.7. The van der Waals surface area contributed by atoms with Gasteiger partial charge >= 0.3 is 0 Å². The number of amides is 1. The molecule has 1 amide bonds. The summed E-state index contributed by atoms with van der Waals surface area (Å²) in [6, 6.07) is 0. The molecule has 0 saturated carbocycles. The first-order valence-electron chi connectivity index (χ1n) is 8.92. The van der Waals surface area contributed by atoms with Crippen LogP contribution in [-0.4, -0.2) is 38.7 Å². The molecule has 2 aromatic rings. The molecule has 2 aromatic heterocycles. The average Bonchev–Trinajstić information content (AvgIpc) is 3.30. The van der Waals surface area contributed by atoms with Crippen LogP contribution in [0.15, 0.2) is 11.6 Å². The molecule has 2 aliphatic heterocycles. The zero-order valence-electron chi connectivity index (χ0n) is 14.4. The summed E-state index contributed by atoms with van der Waals surface area (Å²) in [5.41, 5.74) is 3.11. The van der Waals surface area contributed by atoms with Crippen molar-refractivity contribution in [1.82, 2.24) is 19.7 Å². The third kappa shape index (κ3) is 2.77. The maximum Gasteiger partial charge on any atom is 0.257 e. The third-order valence-electron chi connectivity index (χ3n) is 5.15. The van der Waals surface area contributed by atoms with Crippen molar-refractivity contribution in [2.45, 2.75) is 57.9 Å². The molecule has 0 N–H and O–H groups in total. The van der Waals surface area contributed by atoms with Crippen molar-refractivity contribution in [3.8, 4) is 0 Å². The molecule has 0 spiro atoms. The SMILES string of the molecule is CC(C)c1csc(C2CCCN(C(=O)c3cnn4c3CCC4)C2)n1. The van der Waals surface area contributed by atoms with Crippen LogP contribution in [0, 0.1) is 0 Å². The number of carbonyl (C=O) groups excluding carboxylic acids is 1. The summed E-state index contributed by atoms with van der Waals surface area (Å²) in [6.07, 6.45) is 6.02. The van der Waals surface area contributed by atoms with E-state index in [0.29, 0.717) is 11.8 Å². The van der Waals surface area contributed by atoms with E-state index < -0.39 is 0 Å². The van der Waals surface area contributed by atoms with Crippen LogP contribution in [0.4, 0.5) is 0 Å². The normalized spacial score (nSPS) is 20.6. The summed E-state index contributed by atoms with van der Waals surface area (Å²) < 4.78 is 1.99. The fourth-order valence-electron chi connectivity index (χ4n) is 3.73. The second kappa shape index (κ2) is 6.31. The number of likely N-dealkylation sites (tertiary alicyclic amines) is 1. The number of hydrogen-bond donors (Lipinski definition) is 0. The highest BCUT2D eigenvalue weighted by atomic mass is 32.1. The Morgan fingerprint density at radius 3 is 3.00 bits per heavy atom. The van der Waals surface area contributed by atoms with Crippen LogP contribution in [0.3, 0.4) is 0 Å². The quantitative estimate of drug-likeness (QED) is 0.857. The van der Waals surface area contributed by atoms with Gasteiger partial charge in [0.15, 0.2) is 0 Å². The minimum absolute atomic E-state index is 0.156. The van der Waals surface area contributed by atoms with Crippen LogP contribution in [0.25, 0.3) is 0 Å². The Morgan fingerprint density at radius 1 is 1.33 bits per heavy atom. The number of aromatic nitrogens is 3. The number of aryl methyl sites for hydroxylation is 1. The van der Waals surface area contributed by atoms with E-state index in [-0.39, 0.29) is 5.91 Å². The van der Waals surface area contributed by atoms with Crippen LogP contribution >= 0.6 is 11.3 Å². The van der Waals surface area contributed by atoms with E-state index in [0.717, 1.165) is 56.6 Å². The molecular formula is C18H24N4OS. The van der Waals surface area contributed by atoms with Gasteiger partial charge in [0, 0.05) is 30.9 Å². The Kier molecular flexibility index (Phi) is 4.16. The zero-order valence-corrected chi connectivity index (χ0v) is 15.2. The van der Waals surface area contributed by atoms with E-state index in [2.05, 4.69) is 24.3 Å². The van der Waals surface area contributed by atoms with Crippen LogP contribution in [-0.2, 0) is 13.0 Å². The van der Waals surface area contributed by atoms with Gasteiger partial charge in [-0.3, -0.25) is 9.48 Å². The smallest absolute Gasteiger partial charge is 0.257 e. The second-order valence-electron chi connectivity index (χ2n) is 7.19. The lowest BCUT2D eigenvalue weighted by Gasteiger charge is -2.31. The molecule has 1 unspecified atom stereocenters. The van der Waals surface area contributed by atoms with Gasteiger partial charge < -0.3 is 4.90 Å². The molecule has 0 aliphatic carbocycles. The van der Waals surface area contributed by atoms with E-state index in [1.54, 1.807) is 17.5 Å². The number of fused-ring (bicyclic) bond motifs is 1. The van der Waals surface area contributed by atoms with Crippen molar-refractivity contribution in [1.29, 1.82) is 0 Å². The van der Waals surface area contributed by atoms with Crippen LogP contribution < -0.4 is 0 Å². The average molecular weight is 344 g/mol. The maximum atomic E-state index is 13.0. The summed E-state index contributed by atoms with van der Waals surface area (Å²) in [5, 5.41) is 7.73. The number of carbonyl (C=O) groups is 1. The molecule has 2 aliphatic rings. The van der Waals surface area contributed by atoms with Crippen molar-refractivity contribution in [2.75, 3.05) is 13.1 Å². The third-order valence-corrected chi connectivity index (χ3v) is 6.18. The molecule has 5 nitrogen and oxygen atoms in total. The largest absolute Gasteiger partial charge is 0.338 e. The molecule has 6 heteroatoms. The van der Waals surface area contributed by atoms with Gasteiger partial charge in [-0.2, -0.15) is 5.10 Å². The molecule has 1 saturated heterocycles. The predicted molar refractivity (Wildman–Crippen MR) is 94.6 cm³/mol. The summed E-state index contributed by atoms with van der Waals surface area (Å²) in [5.74, 6) is 0.999. The van der Waals surface area contributed by atoms with Crippen molar-refractivity contribution in [2.24, 2.45) is 0 Å². The lowest BCUT2D eigenvalue weighted by molar-refractivity contribution is 0.0706. The first-order valence-corrected chi connectivity index (χ1v) is 9.80. The predicted octanol–water partition coefficient (Wildman–Crippen LogP) is 3.43. The minimum atomic E-state index is 0.156. The Morgan fingerprint density at radius 2 is 2.21 bits per heavy atom. The lowest BCUT2D eigenvalue weighted by Crippen LogP contribution is -2.39. The first kappa shape index (κ1) is 15.8. The van der Waals surface area contributed by atoms with Crippen LogP contribution in [0.1, 0.15) is 71.7 Å². The molecule has 4 heterocycles. The summed E-state index contributed by atoms with van der Waals surface area (Å²) in [4.78, 5) is 19.8. The summed E-state index contributed by atoms with van der Waals surface area (Å²) in [7, 11) is 0. The Bertz CT molecular complexity index is 748. The molecule has 128 valence electrons. The fraction of sp³-hybridized carbons (Fsp3) is 0.611.